The Morgan fingerprint density at radius 2 is 2.29 bits per heavy atom. The van der Waals surface area contributed by atoms with Crippen LogP contribution in [-0.2, 0) is 7.05 Å². The Labute approximate surface area is 99.5 Å². The van der Waals surface area contributed by atoms with Gasteiger partial charge in [0.15, 0.2) is 5.65 Å². The summed E-state index contributed by atoms with van der Waals surface area (Å²) in [6, 6.07) is 2.21. The molecule has 6 heteroatoms. The van der Waals surface area contributed by atoms with Gasteiger partial charge in [0.25, 0.3) is 0 Å². The Kier molecular flexibility index (Phi) is 2.91. The van der Waals surface area contributed by atoms with Crippen molar-refractivity contribution in [3.8, 4) is 6.07 Å². The maximum Gasteiger partial charge on any atom is 0.163 e. The van der Waals surface area contributed by atoms with Crippen molar-refractivity contribution >= 4 is 16.9 Å². The third kappa shape index (κ3) is 2.04. The predicted molar refractivity (Wildman–Crippen MR) is 64.4 cm³/mol. The van der Waals surface area contributed by atoms with Crippen LogP contribution in [0.5, 0.6) is 0 Å². The number of hydrogen-bond acceptors (Lipinski definition) is 5. The van der Waals surface area contributed by atoms with Gasteiger partial charge in [0.05, 0.1) is 23.6 Å². The zero-order chi connectivity index (χ0) is 12.4. The molecule has 0 spiro atoms. The Hall–Kier alpha value is -2.16. The van der Waals surface area contributed by atoms with Gasteiger partial charge >= 0.3 is 0 Å². The van der Waals surface area contributed by atoms with E-state index in [1.807, 2.05) is 25.9 Å². The maximum atomic E-state index is 8.82. The first kappa shape index (κ1) is 11.3. The molecular formula is C11H14N6. The summed E-state index contributed by atoms with van der Waals surface area (Å²) in [6.45, 7) is 2.52. The number of fused-ring (bicyclic) bond motifs is 1. The van der Waals surface area contributed by atoms with E-state index in [0.717, 1.165) is 16.9 Å². The van der Waals surface area contributed by atoms with Crippen LogP contribution in [0.2, 0.25) is 0 Å². The van der Waals surface area contributed by atoms with E-state index in [0.29, 0.717) is 6.54 Å². The van der Waals surface area contributed by atoms with Crippen LogP contribution in [0.15, 0.2) is 12.5 Å². The van der Waals surface area contributed by atoms with Crippen LogP contribution in [0.4, 0.5) is 5.82 Å². The lowest BCUT2D eigenvalue weighted by atomic mass is 10.2. The lowest BCUT2D eigenvalue weighted by Crippen LogP contribution is -2.24. The highest BCUT2D eigenvalue weighted by Crippen LogP contribution is 2.21. The van der Waals surface area contributed by atoms with E-state index in [4.69, 9.17) is 5.26 Å². The quantitative estimate of drug-likeness (QED) is 0.785. The number of anilines is 1. The van der Waals surface area contributed by atoms with Gasteiger partial charge < -0.3 is 4.90 Å². The smallest absolute Gasteiger partial charge is 0.163 e. The first-order valence-electron chi connectivity index (χ1n) is 5.37. The van der Waals surface area contributed by atoms with Crippen LogP contribution in [0.1, 0.15) is 6.92 Å². The van der Waals surface area contributed by atoms with Crippen LogP contribution >= 0.6 is 0 Å². The molecule has 0 aliphatic rings. The average Bonchev–Trinajstić information content (AvgIpc) is 2.71. The summed E-state index contributed by atoms with van der Waals surface area (Å²) in [4.78, 5) is 10.4. The first-order valence-corrected chi connectivity index (χ1v) is 5.37. The van der Waals surface area contributed by atoms with Crippen molar-refractivity contribution in [1.29, 1.82) is 5.26 Å². The average molecular weight is 230 g/mol. The molecule has 0 aliphatic carbocycles. The van der Waals surface area contributed by atoms with Crippen molar-refractivity contribution in [3.05, 3.63) is 12.5 Å². The van der Waals surface area contributed by atoms with Gasteiger partial charge in [-0.2, -0.15) is 10.4 Å². The Bertz CT molecular complexity index is 567. The van der Waals surface area contributed by atoms with Crippen molar-refractivity contribution < 1.29 is 0 Å². The van der Waals surface area contributed by atoms with E-state index in [1.54, 1.807) is 10.9 Å². The molecule has 0 N–H and O–H groups in total. The number of aryl methyl sites for hydroxylation is 1. The highest BCUT2D eigenvalue weighted by Gasteiger charge is 2.13. The van der Waals surface area contributed by atoms with Crippen molar-refractivity contribution in [1.82, 2.24) is 19.7 Å². The normalized spacial score (nSPS) is 12.4. The minimum absolute atomic E-state index is 0.0401. The van der Waals surface area contributed by atoms with E-state index in [9.17, 15) is 0 Å². The number of aromatic nitrogens is 4. The molecule has 17 heavy (non-hydrogen) atoms. The van der Waals surface area contributed by atoms with Crippen molar-refractivity contribution in [2.75, 3.05) is 18.5 Å². The maximum absolute atomic E-state index is 8.82. The van der Waals surface area contributed by atoms with Gasteiger partial charge in [-0.25, -0.2) is 9.97 Å². The second-order valence-electron chi connectivity index (χ2n) is 4.11. The minimum atomic E-state index is -0.0401. The van der Waals surface area contributed by atoms with Crippen molar-refractivity contribution in [3.63, 3.8) is 0 Å². The van der Waals surface area contributed by atoms with Crippen molar-refractivity contribution in [2.24, 2.45) is 13.0 Å². The predicted octanol–water partition coefficient (Wildman–Crippen LogP) is 0.959. The topological polar surface area (TPSA) is 70.6 Å². The number of nitriles is 1. The second-order valence-corrected chi connectivity index (χ2v) is 4.11. The monoisotopic (exact) mass is 230 g/mol. The van der Waals surface area contributed by atoms with Gasteiger partial charge in [-0.1, -0.05) is 0 Å². The molecule has 0 bridgehead atoms. The molecule has 1 unspecified atom stereocenters. The Morgan fingerprint density at radius 1 is 1.53 bits per heavy atom. The highest BCUT2D eigenvalue weighted by atomic mass is 15.3. The van der Waals surface area contributed by atoms with Crippen LogP contribution in [0, 0.1) is 17.2 Å². The standard InChI is InChI=1S/C11H14N6/c1-8(4-12)6-16(2)10-9-5-15-17(3)11(9)14-7-13-10/h5,7-8H,6H2,1-3H3. The van der Waals surface area contributed by atoms with E-state index >= 15 is 0 Å². The van der Waals surface area contributed by atoms with Crippen LogP contribution in [0.3, 0.4) is 0 Å². The van der Waals surface area contributed by atoms with E-state index in [2.05, 4.69) is 21.1 Å². The first-order chi connectivity index (χ1) is 8.13. The molecule has 2 rings (SSSR count). The fourth-order valence-electron chi connectivity index (χ4n) is 1.79. The summed E-state index contributed by atoms with van der Waals surface area (Å²) in [7, 11) is 3.76. The third-order valence-electron chi connectivity index (χ3n) is 2.64. The third-order valence-corrected chi connectivity index (χ3v) is 2.64. The molecule has 0 aliphatic heterocycles. The molecule has 88 valence electrons. The fourth-order valence-corrected chi connectivity index (χ4v) is 1.79. The molecule has 6 nitrogen and oxygen atoms in total. The van der Waals surface area contributed by atoms with Crippen LogP contribution in [0.25, 0.3) is 11.0 Å². The molecule has 0 saturated carbocycles. The number of hydrogen-bond donors (Lipinski definition) is 0. The van der Waals surface area contributed by atoms with Gasteiger partial charge in [-0.15, -0.1) is 0 Å². The van der Waals surface area contributed by atoms with Crippen molar-refractivity contribution in [2.45, 2.75) is 6.92 Å². The summed E-state index contributed by atoms with van der Waals surface area (Å²) < 4.78 is 1.71. The Morgan fingerprint density at radius 3 is 3.00 bits per heavy atom. The number of nitrogens with zero attached hydrogens (tertiary/aromatic N) is 6. The lowest BCUT2D eigenvalue weighted by Gasteiger charge is -2.19. The molecule has 0 saturated heterocycles. The summed E-state index contributed by atoms with van der Waals surface area (Å²) in [5.74, 6) is 0.770. The van der Waals surface area contributed by atoms with Gasteiger partial charge in [0.1, 0.15) is 12.1 Å². The molecule has 0 radical (unpaired) electrons. The molecule has 0 aromatic carbocycles. The second kappa shape index (κ2) is 4.37. The molecule has 1 atom stereocenters. The molecule has 2 heterocycles. The molecule has 0 fully saturated rings. The van der Waals surface area contributed by atoms with Gasteiger partial charge in [0, 0.05) is 20.6 Å². The largest absolute Gasteiger partial charge is 0.358 e. The highest BCUT2D eigenvalue weighted by molar-refractivity contribution is 5.86. The fraction of sp³-hybridized carbons (Fsp3) is 0.455. The summed E-state index contributed by atoms with van der Waals surface area (Å²) in [5.41, 5.74) is 0.798. The number of rotatable bonds is 3. The van der Waals surface area contributed by atoms with Gasteiger partial charge in [-0.3, -0.25) is 4.68 Å². The SMILES string of the molecule is CC(C#N)CN(C)c1ncnc2c1cnn2C. The summed E-state index contributed by atoms with van der Waals surface area (Å²) in [6.07, 6.45) is 3.27. The molecule has 2 aromatic rings. The summed E-state index contributed by atoms with van der Waals surface area (Å²) >= 11 is 0. The molecule has 2 aromatic heterocycles. The summed E-state index contributed by atoms with van der Waals surface area (Å²) in [5, 5.41) is 13.9. The molecule has 0 amide bonds. The van der Waals surface area contributed by atoms with E-state index in [1.165, 1.54) is 6.33 Å². The van der Waals surface area contributed by atoms with E-state index in [-0.39, 0.29) is 5.92 Å². The zero-order valence-electron chi connectivity index (χ0n) is 10.1. The lowest BCUT2D eigenvalue weighted by molar-refractivity contribution is 0.711. The molecular weight excluding hydrogens is 216 g/mol. The minimum Gasteiger partial charge on any atom is -0.358 e. The zero-order valence-corrected chi connectivity index (χ0v) is 10.1. The van der Waals surface area contributed by atoms with Crippen LogP contribution in [-0.4, -0.2) is 33.3 Å². The van der Waals surface area contributed by atoms with E-state index < -0.39 is 0 Å². The van der Waals surface area contributed by atoms with Crippen LogP contribution < -0.4 is 4.90 Å². The van der Waals surface area contributed by atoms with Gasteiger partial charge in [0.2, 0.25) is 0 Å². The van der Waals surface area contributed by atoms with Gasteiger partial charge in [-0.05, 0) is 6.92 Å². The Balaban J connectivity index is 2.39.